The molecule has 2 N–H and O–H groups in total. The first-order chi connectivity index (χ1) is 8.06. The summed E-state index contributed by atoms with van der Waals surface area (Å²) in [6.45, 7) is 5.84. The average molecular weight is 250 g/mol. The number of nitrogen functional groups attached to an aromatic ring is 1. The Labute approximate surface area is 104 Å². The summed E-state index contributed by atoms with van der Waals surface area (Å²) in [4.78, 5) is 13.5. The maximum atomic E-state index is 5.65. The Bertz CT molecular complexity index is 524. The summed E-state index contributed by atoms with van der Waals surface area (Å²) < 4.78 is 5.43. The number of rotatable bonds is 3. The van der Waals surface area contributed by atoms with Crippen LogP contribution in [0.4, 0.5) is 5.95 Å². The van der Waals surface area contributed by atoms with Gasteiger partial charge in [-0.25, -0.2) is 0 Å². The van der Waals surface area contributed by atoms with Crippen molar-refractivity contribution in [3.05, 3.63) is 16.3 Å². The summed E-state index contributed by atoms with van der Waals surface area (Å²) in [7, 11) is 0. The zero-order chi connectivity index (χ0) is 12.4. The van der Waals surface area contributed by atoms with Crippen LogP contribution in [0.2, 0.25) is 0 Å². The van der Waals surface area contributed by atoms with E-state index in [-0.39, 0.29) is 18.1 Å². The zero-order valence-corrected chi connectivity index (χ0v) is 10.8. The lowest BCUT2D eigenvalue weighted by Gasteiger charge is -2.08. The Balaban J connectivity index is 2.42. The molecule has 0 bridgehead atoms. The molecule has 0 unspecified atom stereocenters. The van der Waals surface area contributed by atoms with Gasteiger partial charge < -0.3 is 10.5 Å². The minimum Gasteiger partial charge on any atom is -0.461 e. The van der Waals surface area contributed by atoms with Gasteiger partial charge in [-0.1, -0.05) is 0 Å². The van der Waals surface area contributed by atoms with Crippen molar-refractivity contribution in [2.24, 2.45) is 0 Å². The van der Waals surface area contributed by atoms with E-state index in [1.807, 2.05) is 32.2 Å². The number of aromatic nitrogens is 3. The largest absolute Gasteiger partial charge is 0.461 e. The maximum absolute atomic E-state index is 5.65. The average Bonchev–Trinajstić information content (AvgIpc) is 2.62. The standard InChI is InChI=1S/C11H14N4OS/c1-6(2)16-11-14-9(13-10(12)15-11)8-4-5-17-7(8)3/h4-6H,1-3H3,(H2,12,13,14,15). The molecule has 90 valence electrons. The van der Waals surface area contributed by atoms with Crippen molar-refractivity contribution in [1.82, 2.24) is 15.0 Å². The van der Waals surface area contributed by atoms with Gasteiger partial charge in [0.05, 0.1) is 6.10 Å². The first-order valence-electron chi connectivity index (χ1n) is 5.29. The van der Waals surface area contributed by atoms with Gasteiger partial charge in [0.1, 0.15) is 0 Å². The fourth-order valence-corrected chi connectivity index (χ4v) is 2.07. The van der Waals surface area contributed by atoms with E-state index >= 15 is 0 Å². The summed E-state index contributed by atoms with van der Waals surface area (Å²) in [6, 6.07) is 2.24. The predicted octanol–water partition coefficient (Wildman–Crippen LogP) is 2.28. The van der Waals surface area contributed by atoms with E-state index in [0.717, 1.165) is 10.4 Å². The number of nitrogens with zero attached hydrogens (tertiary/aromatic N) is 3. The monoisotopic (exact) mass is 250 g/mol. The summed E-state index contributed by atoms with van der Waals surface area (Å²) in [5.41, 5.74) is 6.62. The van der Waals surface area contributed by atoms with Crippen molar-refractivity contribution in [3.8, 4) is 17.4 Å². The molecule has 0 saturated carbocycles. The van der Waals surface area contributed by atoms with E-state index in [4.69, 9.17) is 10.5 Å². The van der Waals surface area contributed by atoms with E-state index in [2.05, 4.69) is 15.0 Å². The lowest BCUT2D eigenvalue weighted by Crippen LogP contribution is -2.11. The number of hydrogen-bond acceptors (Lipinski definition) is 6. The van der Waals surface area contributed by atoms with Crippen LogP contribution in [0, 0.1) is 6.92 Å². The quantitative estimate of drug-likeness (QED) is 0.904. The molecule has 2 rings (SSSR count). The van der Waals surface area contributed by atoms with Crippen molar-refractivity contribution >= 4 is 17.3 Å². The Morgan fingerprint density at radius 1 is 1.29 bits per heavy atom. The fraction of sp³-hybridized carbons (Fsp3) is 0.364. The first-order valence-corrected chi connectivity index (χ1v) is 6.17. The highest BCUT2D eigenvalue weighted by Gasteiger charge is 2.11. The lowest BCUT2D eigenvalue weighted by atomic mass is 10.2. The molecular weight excluding hydrogens is 236 g/mol. The van der Waals surface area contributed by atoms with Crippen molar-refractivity contribution in [3.63, 3.8) is 0 Å². The van der Waals surface area contributed by atoms with Crippen LogP contribution in [-0.2, 0) is 0 Å². The second-order valence-electron chi connectivity index (χ2n) is 3.86. The van der Waals surface area contributed by atoms with Gasteiger partial charge in [0, 0.05) is 10.4 Å². The van der Waals surface area contributed by atoms with E-state index in [1.54, 1.807) is 11.3 Å². The lowest BCUT2D eigenvalue weighted by molar-refractivity contribution is 0.222. The van der Waals surface area contributed by atoms with Gasteiger partial charge in [0.25, 0.3) is 0 Å². The molecule has 2 heterocycles. The highest BCUT2D eigenvalue weighted by molar-refractivity contribution is 7.10. The van der Waals surface area contributed by atoms with Crippen molar-refractivity contribution in [2.45, 2.75) is 26.9 Å². The van der Waals surface area contributed by atoms with Crippen LogP contribution in [0.15, 0.2) is 11.4 Å². The van der Waals surface area contributed by atoms with Gasteiger partial charge in [-0.3, -0.25) is 0 Å². The smallest absolute Gasteiger partial charge is 0.322 e. The Morgan fingerprint density at radius 2 is 2.06 bits per heavy atom. The molecule has 0 atom stereocenters. The molecule has 0 aromatic carbocycles. The Hall–Kier alpha value is -1.69. The highest BCUT2D eigenvalue weighted by Crippen LogP contribution is 2.25. The van der Waals surface area contributed by atoms with E-state index in [9.17, 15) is 0 Å². The zero-order valence-electron chi connectivity index (χ0n) is 9.97. The number of hydrogen-bond donors (Lipinski definition) is 1. The van der Waals surface area contributed by atoms with Crippen LogP contribution in [0.25, 0.3) is 11.4 Å². The van der Waals surface area contributed by atoms with Gasteiger partial charge >= 0.3 is 6.01 Å². The van der Waals surface area contributed by atoms with Gasteiger partial charge in [-0.15, -0.1) is 11.3 Å². The molecule has 0 aliphatic heterocycles. The summed E-state index contributed by atoms with van der Waals surface area (Å²) in [5.74, 6) is 0.739. The third kappa shape index (κ3) is 2.71. The minimum atomic E-state index is 0.00761. The summed E-state index contributed by atoms with van der Waals surface area (Å²) in [6.07, 6.45) is 0.00761. The predicted molar refractivity (Wildman–Crippen MR) is 68.1 cm³/mol. The maximum Gasteiger partial charge on any atom is 0.322 e. The van der Waals surface area contributed by atoms with Gasteiger partial charge in [0.15, 0.2) is 5.82 Å². The number of nitrogens with two attached hydrogens (primary N) is 1. The van der Waals surface area contributed by atoms with E-state index in [1.165, 1.54) is 0 Å². The second-order valence-corrected chi connectivity index (χ2v) is 4.98. The van der Waals surface area contributed by atoms with Crippen LogP contribution < -0.4 is 10.5 Å². The van der Waals surface area contributed by atoms with E-state index in [0.29, 0.717) is 5.82 Å². The van der Waals surface area contributed by atoms with E-state index < -0.39 is 0 Å². The molecule has 2 aromatic rings. The number of thiophene rings is 1. The van der Waals surface area contributed by atoms with Gasteiger partial charge in [-0.2, -0.15) is 15.0 Å². The highest BCUT2D eigenvalue weighted by atomic mass is 32.1. The molecule has 0 radical (unpaired) electrons. The molecule has 6 heteroatoms. The molecular formula is C11H14N4OS. The van der Waals surface area contributed by atoms with Gasteiger partial charge in [-0.05, 0) is 32.2 Å². The van der Waals surface area contributed by atoms with Crippen molar-refractivity contribution in [1.29, 1.82) is 0 Å². The minimum absolute atomic E-state index is 0.00761. The third-order valence-electron chi connectivity index (χ3n) is 2.07. The number of aryl methyl sites for hydroxylation is 1. The first kappa shape index (κ1) is 11.8. The molecule has 0 saturated heterocycles. The van der Waals surface area contributed by atoms with Crippen LogP contribution in [0.1, 0.15) is 18.7 Å². The normalized spacial score (nSPS) is 10.8. The van der Waals surface area contributed by atoms with Crippen LogP contribution in [0.3, 0.4) is 0 Å². The Morgan fingerprint density at radius 3 is 2.65 bits per heavy atom. The topological polar surface area (TPSA) is 73.9 Å². The van der Waals surface area contributed by atoms with Crippen molar-refractivity contribution in [2.75, 3.05) is 5.73 Å². The molecule has 17 heavy (non-hydrogen) atoms. The molecule has 0 aliphatic carbocycles. The summed E-state index contributed by atoms with van der Waals surface area (Å²) >= 11 is 1.64. The van der Waals surface area contributed by atoms with Crippen LogP contribution in [-0.4, -0.2) is 21.1 Å². The molecule has 0 fully saturated rings. The number of anilines is 1. The molecule has 0 aliphatic rings. The van der Waals surface area contributed by atoms with Crippen LogP contribution >= 0.6 is 11.3 Å². The Kier molecular flexibility index (Phi) is 3.23. The fourth-order valence-electron chi connectivity index (χ4n) is 1.37. The summed E-state index contributed by atoms with van der Waals surface area (Å²) in [5, 5.41) is 1.99. The molecule has 0 amide bonds. The SMILES string of the molecule is Cc1sccc1-c1nc(N)nc(OC(C)C)n1. The van der Waals surface area contributed by atoms with Crippen LogP contribution in [0.5, 0.6) is 6.01 Å². The molecule has 0 spiro atoms. The third-order valence-corrected chi connectivity index (χ3v) is 2.92. The number of ether oxygens (including phenoxy) is 1. The second kappa shape index (κ2) is 4.67. The van der Waals surface area contributed by atoms with Crippen molar-refractivity contribution < 1.29 is 4.74 Å². The van der Waals surface area contributed by atoms with Gasteiger partial charge in [0.2, 0.25) is 5.95 Å². The molecule has 2 aromatic heterocycles. The molecule has 5 nitrogen and oxygen atoms in total.